The average Bonchev–Trinajstić information content (AvgIpc) is 2.34. The second-order valence-electron chi connectivity index (χ2n) is 4.98. The zero-order valence-electron chi connectivity index (χ0n) is 11.9. The molecular formula is C13H19Cl3N2O2S. The molecule has 0 spiro atoms. The van der Waals surface area contributed by atoms with Crippen molar-refractivity contribution < 1.29 is 8.42 Å². The van der Waals surface area contributed by atoms with E-state index in [-0.39, 0.29) is 26.5 Å². The van der Waals surface area contributed by atoms with Gasteiger partial charge in [-0.1, -0.05) is 48.7 Å². The minimum Gasteiger partial charge on any atom is -0.315 e. The molecule has 1 rings (SSSR count). The first-order valence-electron chi connectivity index (χ1n) is 6.59. The van der Waals surface area contributed by atoms with Gasteiger partial charge in [0.05, 0.1) is 26.5 Å². The molecule has 1 aromatic carbocycles. The summed E-state index contributed by atoms with van der Waals surface area (Å²) in [4.78, 5) is 0. The molecule has 1 aromatic rings. The Labute approximate surface area is 141 Å². The highest BCUT2D eigenvalue weighted by atomic mass is 35.5. The lowest BCUT2D eigenvalue weighted by Crippen LogP contribution is -2.24. The highest BCUT2D eigenvalue weighted by molar-refractivity contribution is 7.92. The molecule has 0 aliphatic rings. The smallest absolute Gasteiger partial charge is 0.232 e. The number of unbranched alkanes of at least 4 members (excludes halogenated alkanes) is 1. The molecule has 0 aliphatic carbocycles. The lowest BCUT2D eigenvalue weighted by atomic mass is 10.3. The van der Waals surface area contributed by atoms with Crippen molar-refractivity contribution in [1.29, 1.82) is 0 Å². The molecule has 120 valence electrons. The topological polar surface area (TPSA) is 58.2 Å². The third-order valence-electron chi connectivity index (χ3n) is 2.67. The number of benzene rings is 1. The summed E-state index contributed by atoms with van der Waals surface area (Å²) < 4.78 is 26.4. The van der Waals surface area contributed by atoms with E-state index in [0.717, 1.165) is 13.0 Å². The van der Waals surface area contributed by atoms with Gasteiger partial charge in [-0.2, -0.15) is 0 Å². The largest absolute Gasteiger partial charge is 0.315 e. The predicted octanol–water partition coefficient (Wildman–Crippen LogP) is 4.17. The van der Waals surface area contributed by atoms with Gasteiger partial charge in [0.15, 0.2) is 0 Å². The van der Waals surface area contributed by atoms with Gasteiger partial charge in [-0.25, -0.2) is 8.42 Å². The number of hydrogen-bond donors (Lipinski definition) is 2. The SMILES string of the molecule is CC(C)NCCCCS(=O)(=O)Nc1cc(Cl)c(Cl)cc1Cl. The van der Waals surface area contributed by atoms with Crippen LogP contribution in [-0.2, 0) is 10.0 Å². The monoisotopic (exact) mass is 372 g/mol. The molecule has 0 heterocycles. The number of hydrogen-bond acceptors (Lipinski definition) is 3. The van der Waals surface area contributed by atoms with E-state index in [4.69, 9.17) is 34.8 Å². The van der Waals surface area contributed by atoms with Crippen LogP contribution in [0.2, 0.25) is 15.1 Å². The Kier molecular flexibility index (Phi) is 7.57. The van der Waals surface area contributed by atoms with Crippen LogP contribution in [0.1, 0.15) is 26.7 Å². The fourth-order valence-electron chi connectivity index (χ4n) is 1.63. The van der Waals surface area contributed by atoms with Crippen LogP contribution in [0.15, 0.2) is 12.1 Å². The van der Waals surface area contributed by atoms with Crippen LogP contribution in [-0.4, -0.2) is 26.8 Å². The molecule has 0 amide bonds. The van der Waals surface area contributed by atoms with Crippen molar-refractivity contribution in [3.63, 3.8) is 0 Å². The molecule has 0 saturated carbocycles. The van der Waals surface area contributed by atoms with Gasteiger partial charge in [-0.05, 0) is 31.5 Å². The third kappa shape index (κ3) is 7.06. The van der Waals surface area contributed by atoms with Crippen molar-refractivity contribution in [3.05, 3.63) is 27.2 Å². The molecule has 0 radical (unpaired) electrons. The van der Waals surface area contributed by atoms with E-state index in [1.165, 1.54) is 12.1 Å². The van der Waals surface area contributed by atoms with Gasteiger partial charge in [-0.15, -0.1) is 0 Å². The minimum absolute atomic E-state index is 0.0311. The maximum Gasteiger partial charge on any atom is 0.232 e. The maximum atomic E-state index is 12.0. The Morgan fingerprint density at radius 1 is 1.05 bits per heavy atom. The van der Waals surface area contributed by atoms with E-state index in [9.17, 15) is 8.42 Å². The van der Waals surface area contributed by atoms with Crippen molar-refractivity contribution >= 4 is 50.5 Å². The molecule has 0 aliphatic heterocycles. The zero-order valence-corrected chi connectivity index (χ0v) is 15.0. The van der Waals surface area contributed by atoms with Gasteiger partial charge in [0.2, 0.25) is 10.0 Å². The molecule has 0 aromatic heterocycles. The Balaban J connectivity index is 2.55. The molecule has 0 bridgehead atoms. The first kappa shape index (κ1) is 18.8. The summed E-state index contributed by atoms with van der Waals surface area (Å²) in [5.41, 5.74) is 0.242. The van der Waals surface area contributed by atoms with Crippen LogP contribution >= 0.6 is 34.8 Å². The van der Waals surface area contributed by atoms with E-state index in [0.29, 0.717) is 12.5 Å². The second kappa shape index (κ2) is 8.44. The predicted molar refractivity (Wildman–Crippen MR) is 91.3 cm³/mol. The maximum absolute atomic E-state index is 12.0. The van der Waals surface area contributed by atoms with E-state index in [2.05, 4.69) is 10.0 Å². The summed E-state index contributed by atoms with van der Waals surface area (Å²) in [6.45, 7) is 4.88. The van der Waals surface area contributed by atoms with Gasteiger partial charge >= 0.3 is 0 Å². The lowest BCUT2D eigenvalue weighted by molar-refractivity contribution is 0.561. The highest BCUT2D eigenvalue weighted by Gasteiger charge is 2.14. The Morgan fingerprint density at radius 2 is 1.67 bits per heavy atom. The zero-order chi connectivity index (χ0) is 16.0. The number of rotatable bonds is 8. The molecule has 0 saturated heterocycles. The first-order chi connectivity index (χ1) is 9.71. The Morgan fingerprint density at radius 3 is 2.29 bits per heavy atom. The van der Waals surface area contributed by atoms with Crippen molar-refractivity contribution in [1.82, 2.24) is 5.32 Å². The van der Waals surface area contributed by atoms with Crippen LogP contribution < -0.4 is 10.0 Å². The van der Waals surface area contributed by atoms with Crippen LogP contribution in [0.5, 0.6) is 0 Å². The molecular weight excluding hydrogens is 355 g/mol. The number of nitrogens with one attached hydrogen (secondary N) is 2. The van der Waals surface area contributed by atoms with Gasteiger partial charge in [0.1, 0.15) is 0 Å². The second-order valence-corrected chi connectivity index (χ2v) is 8.05. The third-order valence-corrected chi connectivity index (χ3v) is 5.06. The van der Waals surface area contributed by atoms with Gasteiger partial charge in [0, 0.05) is 6.04 Å². The summed E-state index contributed by atoms with van der Waals surface area (Å²) in [6.07, 6.45) is 1.35. The quantitative estimate of drug-likeness (QED) is 0.531. The fraction of sp³-hybridized carbons (Fsp3) is 0.538. The van der Waals surface area contributed by atoms with Gasteiger partial charge < -0.3 is 5.32 Å². The van der Waals surface area contributed by atoms with Crippen LogP contribution in [0.4, 0.5) is 5.69 Å². The normalized spacial score (nSPS) is 11.9. The summed E-state index contributed by atoms with van der Waals surface area (Å²) in [5, 5.41) is 3.98. The number of halogens is 3. The van der Waals surface area contributed by atoms with Crippen LogP contribution in [0.25, 0.3) is 0 Å². The van der Waals surface area contributed by atoms with Gasteiger partial charge in [0.25, 0.3) is 0 Å². The van der Waals surface area contributed by atoms with Crippen molar-refractivity contribution in [2.45, 2.75) is 32.7 Å². The Hall–Kier alpha value is -0.200. The minimum atomic E-state index is -3.45. The summed E-state index contributed by atoms with van der Waals surface area (Å²) in [6, 6.07) is 3.22. The molecule has 0 unspecified atom stereocenters. The average molecular weight is 374 g/mol. The molecule has 8 heteroatoms. The summed E-state index contributed by atoms with van der Waals surface area (Å²) in [5.74, 6) is 0.0311. The van der Waals surface area contributed by atoms with Crippen molar-refractivity contribution in [2.24, 2.45) is 0 Å². The van der Waals surface area contributed by atoms with E-state index in [1.54, 1.807) is 0 Å². The van der Waals surface area contributed by atoms with Crippen LogP contribution in [0.3, 0.4) is 0 Å². The van der Waals surface area contributed by atoms with Crippen LogP contribution in [0, 0.1) is 0 Å². The summed E-state index contributed by atoms with van der Waals surface area (Å²) in [7, 11) is -3.45. The Bertz CT molecular complexity index is 577. The lowest BCUT2D eigenvalue weighted by Gasteiger charge is -2.11. The molecule has 2 N–H and O–H groups in total. The number of sulfonamides is 1. The van der Waals surface area contributed by atoms with E-state index in [1.807, 2.05) is 13.8 Å². The standard InChI is InChI=1S/C13H19Cl3N2O2S/c1-9(2)17-5-3-4-6-21(19,20)18-13-8-11(15)10(14)7-12(13)16/h7-9,17-18H,3-6H2,1-2H3. The molecule has 21 heavy (non-hydrogen) atoms. The van der Waals surface area contributed by atoms with E-state index >= 15 is 0 Å². The highest BCUT2D eigenvalue weighted by Crippen LogP contribution is 2.32. The number of anilines is 1. The summed E-state index contributed by atoms with van der Waals surface area (Å²) >= 11 is 17.6. The molecule has 0 atom stereocenters. The van der Waals surface area contributed by atoms with Crippen molar-refractivity contribution in [3.8, 4) is 0 Å². The van der Waals surface area contributed by atoms with Gasteiger partial charge in [-0.3, -0.25) is 4.72 Å². The molecule has 0 fully saturated rings. The fourth-order valence-corrected chi connectivity index (χ4v) is 3.47. The van der Waals surface area contributed by atoms with E-state index < -0.39 is 10.0 Å². The molecule has 4 nitrogen and oxygen atoms in total. The first-order valence-corrected chi connectivity index (χ1v) is 9.38. The van der Waals surface area contributed by atoms with Crippen molar-refractivity contribution in [2.75, 3.05) is 17.0 Å².